The first kappa shape index (κ1) is 19.1. The van der Waals surface area contributed by atoms with E-state index in [0.29, 0.717) is 17.4 Å². The Kier molecular flexibility index (Phi) is 5.02. The van der Waals surface area contributed by atoms with Crippen LogP contribution in [0.5, 0.6) is 0 Å². The summed E-state index contributed by atoms with van der Waals surface area (Å²) in [5.74, 6) is -0.641. The SMILES string of the molecule is CCn1c(=O)n(CC(=O)Nc2nc(-c3ccc(F)cc3)c(C)s2)c2ccccc21. The lowest BCUT2D eigenvalue weighted by atomic mass is 10.1. The summed E-state index contributed by atoms with van der Waals surface area (Å²) in [5.41, 5.74) is 2.78. The second-order valence-electron chi connectivity index (χ2n) is 6.58. The first-order valence-corrected chi connectivity index (χ1v) is 10.0. The van der Waals surface area contributed by atoms with Gasteiger partial charge in [0.25, 0.3) is 0 Å². The lowest BCUT2D eigenvalue weighted by Gasteiger charge is -2.03. The number of hydrogen-bond acceptors (Lipinski definition) is 4. The van der Waals surface area contributed by atoms with Gasteiger partial charge >= 0.3 is 5.69 Å². The van der Waals surface area contributed by atoms with Gasteiger partial charge in [-0.15, -0.1) is 11.3 Å². The summed E-state index contributed by atoms with van der Waals surface area (Å²) in [6, 6.07) is 13.5. The van der Waals surface area contributed by atoms with Crippen molar-refractivity contribution in [1.29, 1.82) is 0 Å². The maximum Gasteiger partial charge on any atom is 0.329 e. The van der Waals surface area contributed by atoms with Gasteiger partial charge < -0.3 is 5.32 Å². The van der Waals surface area contributed by atoms with Crippen molar-refractivity contribution in [2.75, 3.05) is 5.32 Å². The van der Waals surface area contributed by atoms with Gasteiger partial charge in [0.2, 0.25) is 5.91 Å². The van der Waals surface area contributed by atoms with Gasteiger partial charge in [-0.3, -0.25) is 13.9 Å². The van der Waals surface area contributed by atoms with E-state index < -0.39 is 0 Å². The third-order valence-electron chi connectivity index (χ3n) is 4.70. The predicted octanol–water partition coefficient (Wildman–Crippen LogP) is 4.03. The number of nitrogens with one attached hydrogen (secondary N) is 1. The molecule has 0 radical (unpaired) electrons. The van der Waals surface area contributed by atoms with Crippen LogP contribution in [0.25, 0.3) is 22.3 Å². The van der Waals surface area contributed by atoms with E-state index in [1.165, 1.54) is 28.0 Å². The average Bonchev–Trinajstić information content (AvgIpc) is 3.19. The Morgan fingerprint density at radius 3 is 2.41 bits per heavy atom. The highest BCUT2D eigenvalue weighted by molar-refractivity contribution is 7.16. The summed E-state index contributed by atoms with van der Waals surface area (Å²) in [6.07, 6.45) is 0. The van der Waals surface area contributed by atoms with Gasteiger partial charge in [0.05, 0.1) is 16.7 Å². The number of halogens is 1. The molecule has 0 aliphatic carbocycles. The summed E-state index contributed by atoms with van der Waals surface area (Å²) in [6.45, 7) is 4.22. The number of benzene rings is 2. The molecule has 0 saturated carbocycles. The number of anilines is 1. The fourth-order valence-corrected chi connectivity index (χ4v) is 4.21. The minimum Gasteiger partial charge on any atom is -0.300 e. The highest BCUT2D eigenvalue weighted by Gasteiger charge is 2.16. The van der Waals surface area contributed by atoms with Crippen LogP contribution in [0.3, 0.4) is 0 Å². The zero-order valence-corrected chi connectivity index (χ0v) is 16.8. The van der Waals surface area contributed by atoms with Crippen molar-refractivity contribution in [2.24, 2.45) is 0 Å². The first-order chi connectivity index (χ1) is 14.0. The number of carbonyl (C=O) groups is 1. The summed E-state index contributed by atoms with van der Waals surface area (Å²) in [4.78, 5) is 30.7. The van der Waals surface area contributed by atoms with E-state index in [4.69, 9.17) is 0 Å². The molecule has 1 N–H and O–H groups in total. The predicted molar refractivity (Wildman–Crippen MR) is 113 cm³/mol. The standard InChI is InChI=1S/C21H19FN4O2S/c1-3-25-16-6-4-5-7-17(16)26(21(25)28)12-18(27)23-20-24-19(13(2)29-20)14-8-10-15(22)11-9-14/h4-11H,3,12H2,1-2H3,(H,23,24,27). The van der Waals surface area contributed by atoms with Crippen LogP contribution in [-0.2, 0) is 17.9 Å². The maximum atomic E-state index is 13.2. The minimum atomic E-state index is -0.328. The third-order valence-corrected chi connectivity index (χ3v) is 5.59. The maximum absolute atomic E-state index is 13.2. The molecule has 0 spiro atoms. The zero-order valence-electron chi connectivity index (χ0n) is 16.0. The number of imidazole rings is 1. The molecule has 2 aromatic carbocycles. The van der Waals surface area contributed by atoms with Crippen molar-refractivity contribution in [2.45, 2.75) is 26.9 Å². The van der Waals surface area contributed by atoms with E-state index in [2.05, 4.69) is 10.3 Å². The number of rotatable bonds is 5. The normalized spacial score (nSPS) is 11.1. The molecule has 2 heterocycles. The van der Waals surface area contributed by atoms with E-state index >= 15 is 0 Å². The number of nitrogens with zero attached hydrogens (tertiary/aromatic N) is 3. The highest BCUT2D eigenvalue weighted by atomic mass is 32.1. The quantitative estimate of drug-likeness (QED) is 0.540. The smallest absolute Gasteiger partial charge is 0.300 e. The topological polar surface area (TPSA) is 68.9 Å². The molecule has 6 nitrogen and oxygen atoms in total. The van der Waals surface area contributed by atoms with Crippen LogP contribution >= 0.6 is 11.3 Å². The number of thiazole rings is 1. The van der Waals surface area contributed by atoms with Crippen molar-refractivity contribution in [3.63, 3.8) is 0 Å². The number of fused-ring (bicyclic) bond motifs is 1. The molecule has 0 unspecified atom stereocenters. The minimum absolute atomic E-state index is 0.100. The van der Waals surface area contributed by atoms with E-state index in [0.717, 1.165) is 21.5 Å². The van der Waals surface area contributed by atoms with E-state index in [9.17, 15) is 14.0 Å². The molecule has 29 heavy (non-hydrogen) atoms. The molecule has 0 aliphatic rings. The average molecular weight is 410 g/mol. The third kappa shape index (κ3) is 3.58. The van der Waals surface area contributed by atoms with Crippen molar-refractivity contribution in [1.82, 2.24) is 14.1 Å². The Morgan fingerprint density at radius 2 is 1.76 bits per heavy atom. The van der Waals surface area contributed by atoms with Crippen LogP contribution in [0, 0.1) is 12.7 Å². The number of para-hydroxylation sites is 2. The lowest BCUT2D eigenvalue weighted by molar-refractivity contribution is -0.116. The van der Waals surface area contributed by atoms with Crippen LogP contribution in [-0.4, -0.2) is 20.0 Å². The molecule has 8 heteroatoms. The van der Waals surface area contributed by atoms with Crippen LogP contribution in [0.15, 0.2) is 53.3 Å². The van der Waals surface area contributed by atoms with Crippen LogP contribution in [0.1, 0.15) is 11.8 Å². The summed E-state index contributed by atoms with van der Waals surface area (Å²) in [5, 5.41) is 3.22. The molecule has 148 valence electrons. The second kappa shape index (κ2) is 7.63. The molecule has 1 amide bonds. The van der Waals surface area contributed by atoms with Gasteiger partial charge in [-0.05, 0) is 50.2 Å². The molecule has 2 aromatic heterocycles. The number of aromatic nitrogens is 3. The van der Waals surface area contributed by atoms with Crippen molar-refractivity contribution < 1.29 is 9.18 Å². The Bertz CT molecular complexity index is 1250. The second-order valence-corrected chi connectivity index (χ2v) is 7.78. The highest BCUT2D eigenvalue weighted by Crippen LogP contribution is 2.30. The number of hydrogen-bond donors (Lipinski definition) is 1. The number of amides is 1. The molecule has 4 rings (SSSR count). The fourth-order valence-electron chi connectivity index (χ4n) is 3.36. The molecular formula is C21H19FN4O2S. The van der Waals surface area contributed by atoms with Crippen LogP contribution in [0.2, 0.25) is 0 Å². The summed E-state index contributed by atoms with van der Waals surface area (Å²) in [7, 11) is 0. The van der Waals surface area contributed by atoms with E-state index in [1.807, 2.05) is 38.1 Å². The molecule has 4 aromatic rings. The number of aryl methyl sites for hydroxylation is 2. The van der Waals surface area contributed by atoms with Crippen molar-refractivity contribution >= 4 is 33.4 Å². The Balaban J connectivity index is 1.58. The van der Waals surface area contributed by atoms with Crippen molar-refractivity contribution in [3.8, 4) is 11.3 Å². The van der Waals surface area contributed by atoms with E-state index in [-0.39, 0.29) is 24.0 Å². The van der Waals surface area contributed by atoms with Gasteiger partial charge in [-0.1, -0.05) is 12.1 Å². The van der Waals surface area contributed by atoms with Gasteiger partial charge in [0, 0.05) is 17.0 Å². The molecular weight excluding hydrogens is 391 g/mol. The van der Waals surface area contributed by atoms with Crippen molar-refractivity contribution in [3.05, 3.63) is 69.7 Å². The lowest BCUT2D eigenvalue weighted by Crippen LogP contribution is -2.29. The fraction of sp³-hybridized carbons (Fsp3) is 0.190. The monoisotopic (exact) mass is 410 g/mol. The van der Waals surface area contributed by atoms with Gasteiger partial charge in [0.1, 0.15) is 12.4 Å². The number of carbonyl (C=O) groups excluding carboxylic acids is 1. The Labute approximate surface area is 170 Å². The Morgan fingerprint density at radius 1 is 1.10 bits per heavy atom. The van der Waals surface area contributed by atoms with E-state index in [1.54, 1.807) is 16.7 Å². The van der Waals surface area contributed by atoms with Gasteiger partial charge in [-0.25, -0.2) is 14.2 Å². The van der Waals surface area contributed by atoms with Crippen LogP contribution < -0.4 is 11.0 Å². The largest absolute Gasteiger partial charge is 0.329 e. The van der Waals surface area contributed by atoms with Gasteiger partial charge in [0.15, 0.2) is 5.13 Å². The van der Waals surface area contributed by atoms with Crippen LogP contribution in [0.4, 0.5) is 9.52 Å². The molecule has 0 atom stereocenters. The Hall–Kier alpha value is -3.26. The molecule has 0 fully saturated rings. The summed E-state index contributed by atoms with van der Waals surface area (Å²) < 4.78 is 16.3. The molecule has 0 aliphatic heterocycles. The first-order valence-electron chi connectivity index (χ1n) is 9.19. The molecule has 0 bridgehead atoms. The molecule has 0 saturated heterocycles. The summed E-state index contributed by atoms with van der Waals surface area (Å²) >= 11 is 1.34. The van der Waals surface area contributed by atoms with Gasteiger partial charge in [-0.2, -0.15) is 0 Å². The zero-order chi connectivity index (χ0) is 20.5.